The first-order valence-corrected chi connectivity index (χ1v) is 9.61. The molecule has 5 nitrogen and oxygen atoms in total. The second-order valence-corrected chi connectivity index (χ2v) is 7.92. The monoisotopic (exact) mass is 442 g/mol. The van der Waals surface area contributed by atoms with E-state index in [1.54, 1.807) is 0 Å². The Morgan fingerprint density at radius 1 is 1.11 bits per heavy atom. The third-order valence-electron chi connectivity index (χ3n) is 3.43. The van der Waals surface area contributed by atoms with E-state index in [9.17, 15) is 35.2 Å². The van der Waals surface area contributed by atoms with E-state index in [0.29, 0.717) is 22.7 Å². The predicted octanol–water partition coefficient (Wildman–Crippen LogP) is 4.04. The van der Waals surface area contributed by atoms with Crippen molar-refractivity contribution >= 4 is 38.9 Å². The second-order valence-electron chi connectivity index (χ2n) is 5.61. The highest BCUT2D eigenvalue weighted by Crippen LogP contribution is 2.37. The molecule has 0 radical (unpaired) electrons. The van der Waals surface area contributed by atoms with Crippen LogP contribution in [0.4, 0.5) is 33.3 Å². The molecule has 0 aliphatic carbocycles. The van der Waals surface area contributed by atoms with Gasteiger partial charge in [0.1, 0.15) is 6.54 Å². The molecule has 28 heavy (non-hydrogen) atoms. The quantitative estimate of drug-likeness (QED) is 0.711. The molecule has 0 saturated heterocycles. The van der Waals surface area contributed by atoms with Crippen molar-refractivity contribution in [2.45, 2.75) is 6.18 Å². The number of halogens is 6. The predicted molar refractivity (Wildman–Crippen MR) is 93.6 cm³/mol. The molecule has 2 aromatic carbocycles. The minimum atomic E-state index is -4.84. The maximum Gasteiger partial charge on any atom is 0.417 e. The summed E-state index contributed by atoms with van der Waals surface area (Å²) in [5, 5.41) is 1.50. The Labute approximate surface area is 161 Å². The summed E-state index contributed by atoms with van der Waals surface area (Å²) in [4.78, 5) is 12.1. The Morgan fingerprint density at radius 3 is 2.29 bits per heavy atom. The highest BCUT2D eigenvalue weighted by molar-refractivity contribution is 7.92. The van der Waals surface area contributed by atoms with Crippen LogP contribution in [0.3, 0.4) is 0 Å². The Balaban J connectivity index is 2.32. The summed E-state index contributed by atoms with van der Waals surface area (Å²) in [6, 6.07) is 4.80. The van der Waals surface area contributed by atoms with Crippen molar-refractivity contribution in [3.05, 3.63) is 58.6 Å². The zero-order chi connectivity index (χ0) is 21.3. The highest BCUT2D eigenvalue weighted by atomic mass is 35.5. The first-order valence-electron chi connectivity index (χ1n) is 7.38. The molecule has 0 unspecified atom stereocenters. The van der Waals surface area contributed by atoms with E-state index in [0.717, 1.165) is 24.3 Å². The number of alkyl halides is 3. The van der Waals surface area contributed by atoms with Crippen LogP contribution in [0.15, 0.2) is 36.4 Å². The van der Waals surface area contributed by atoms with E-state index in [4.69, 9.17) is 11.6 Å². The molecule has 0 aromatic heterocycles. The van der Waals surface area contributed by atoms with E-state index >= 15 is 0 Å². The zero-order valence-corrected chi connectivity index (χ0v) is 15.6. The van der Waals surface area contributed by atoms with Crippen molar-refractivity contribution in [2.75, 3.05) is 22.4 Å². The van der Waals surface area contributed by atoms with Crippen LogP contribution in [-0.4, -0.2) is 27.1 Å². The van der Waals surface area contributed by atoms with E-state index in [-0.39, 0.29) is 5.69 Å². The lowest BCUT2D eigenvalue weighted by molar-refractivity contribution is -0.137. The normalized spacial score (nSPS) is 12.0. The maximum atomic E-state index is 13.2. The molecular weight excluding hydrogens is 431 g/mol. The molecule has 1 N–H and O–H groups in total. The van der Waals surface area contributed by atoms with Gasteiger partial charge in [-0.15, -0.1) is 0 Å². The fourth-order valence-electron chi connectivity index (χ4n) is 2.19. The first-order chi connectivity index (χ1) is 12.8. The molecule has 0 spiro atoms. The Bertz CT molecular complexity index is 1010. The van der Waals surface area contributed by atoms with E-state index in [2.05, 4.69) is 5.32 Å². The molecule has 12 heteroatoms. The van der Waals surface area contributed by atoms with Gasteiger partial charge in [-0.05, 0) is 30.3 Å². The van der Waals surface area contributed by atoms with Crippen molar-refractivity contribution in [3.63, 3.8) is 0 Å². The number of hydrogen-bond acceptors (Lipinski definition) is 3. The van der Waals surface area contributed by atoms with Crippen molar-refractivity contribution < 1.29 is 35.2 Å². The van der Waals surface area contributed by atoms with E-state index < -0.39 is 56.6 Å². The lowest BCUT2D eigenvalue weighted by Crippen LogP contribution is -2.37. The van der Waals surface area contributed by atoms with Gasteiger partial charge in [-0.2, -0.15) is 13.2 Å². The van der Waals surface area contributed by atoms with Crippen LogP contribution < -0.4 is 9.62 Å². The summed E-state index contributed by atoms with van der Waals surface area (Å²) in [6.07, 6.45) is -4.15. The van der Waals surface area contributed by atoms with Crippen molar-refractivity contribution in [1.82, 2.24) is 0 Å². The number of nitrogens with zero attached hydrogens (tertiary/aromatic N) is 1. The summed E-state index contributed by atoms with van der Waals surface area (Å²) >= 11 is 5.51. The van der Waals surface area contributed by atoms with Gasteiger partial charge in [0, 0.05) is 11.8 Å². The number of carbonyl (C=O) groups is 1. The molecule has 0 aliphatic rings. The summed E-state index contributed by atoms with van der Waals surface area (Å²) in [5.41, 5.74) is -1.88. The average Bonchev–Trinajstić information content (AvgIpc) is 2.55. The van der Waals surface area contributed by atoms with Crippen LogP contribution in [0.1, 0.15) is 5.56 Å². The molecule has 0 atom stereocenters. The molecule has 2 rings (SSSR count). The van der Waals surface area contributed by atoms with Gasteiger partial charge in [0.15, 0.2) is 11.6 Å². The molecule has 0 saturated carbocycles. The van der Waals surface area contributed by atoms with Gasteiger partial charge < -0.3 is 5.32 Å². The summed E-state index contributed by atoms with van der Waals surface area (Å²) in [6.45, 7) is -0.906. The highest BCUT2D eigenvalue weighted by Gasteiger charge is 2.34. The van der Waals surface area contributed by atoms with E-state index in [1.807, 2.05) is 0 Å². The summed E-state index contributed by atoms with van der Waals surface area (Å²) in [7, 11) is -4.17. The number of nitrogens with one attached hydrogen (secondary N) is 1. The van der Waals surface area contributed by atoms with Crippen molar-refractivity contribution in [3.8, 4) is 0 Å². The number of benzene rings is 2. The lowest BCUT2D eigenvalue weighted by Gasteiger charge is -2.23. The number of sulfonamides is 1. The molecule has 0 bridgehead atoms. The largest absolute Gasteiger partial charge is 0.417 e. The van der Waals surface area contributed by atoms with Crippen LogP contribution >= 0.6 is 11.6 Å². The fourth-order valence-corrected chi connectivity index (χ4v) is 3.26. The van der Waals surface area contributed by atoms with Crippen LogP contribution in [-0.2, 0) is 21.0 Å². The average molecular weight is 443 g/mol. The number of hydrogen-bond donors (Lipinski definition) is 1. The molecule has 2 aromatic rings. The molecule has 152 valence electrons. The van der Waals surface area contributed by atoms with Gasteiger partial charge >= 0.3 is 6.18 Å². The summed E-state index contributed by atoms with van der Waals surface area (Å²) in [5.74, 6) is -3.39. The molecule has 0 aliphatic heterocycles. The Hall–Kier alpha value is -2.40. The number of anilines is 2. The smallest absolute Gasteiger partial charge is 0.324 e. The van der Waals surface area contributed by atoms with Crippen LogP contribution in [0, 0.1) is 11.6 Å². The Morgan fingerprint density at radius 2 is 1.75 bits per heavy atom. The van der Waals surface area contributed by atoms with Gasteiger partial charge in [-0.3, -0.25) is 9.10 Å². The van der Waals surface area contributed by atoms with Crippen LogP contribution in [0.2, 0.25) is 5.02 Å². The topological polar surface area (TPSA) is 66.5 Å². The third kappa shape index (κ3) is 5.32. The van der Waals surface area contributed by atoms with Gasteiger partial charge in [0.25, 0.3) is 0 Å². The fraction of sp³-hybridized carbons (Fsp3) is 0.188. The minimum absolute atomic E-state index is 0.163. The maximum absolute atomic E-state index is 13.2. The van der Waals surface area contributed by atoms with Crippen LogP contribution in [0.5, 0.6) is 0 Å². The zero-order valence-electron chi connectivity index (χ0n) is 14.0. The van der Waals surface area contributed by atoms with Gasteiger partial charge in [0.2, 0.25) is 15.9 Å². The molecule has 0 heterocycles. The van der Waals surface area contributed by atoms with Crippen LogP contribution in [0.25, 0.3) is 0 Å². The minimum Gasteiger partial charge on any atom is -0.324 e. The van der Waals surface area contributed by atoms with Crippen molar-refractivity contribution in [1.29, 1.82) is 0 Å². The Kier molecular flexibility index (Phi) is 6.19. The van der Waals surface area contributed by atoms with Crippen molar-refractivity contribution in [2.24, 2.45) is 0 Å². The number of rotatable bonds is 5. The second kappa shape index (κ2) is 7.92. The van der Waals surface area contributed by atoms with Gasteiger partial charge in [0.05, 0.1) is 22.5 Å². The molecule has 1 amide bonds. The summed E-state index contributed by atoms with van der Waals surface area (Å²) < 4.78 is 89.5. The molecular formula is C16H12ClF5N2O3S. The first kappa shape index (κ1) is 21.9. The third-order valence-corrected chi connectivity index (χ3v) is 4.90. The van der Waals surface area contributed by atoms with Gasteiger partial charge in [-0.25, -0.2) is 17.2 Å². The molecule has 0 fully saturated rings. The lowest BCUT2D eigenvalue weighted by atomic mass is 10.2. The standard InChI is InChI=1S/C16H12ClF5N2O3S/c1-28(26,27)24(10-3-4-12(17)11(7-10)16(20,21)22)8-15(25)23-9-2-5-13(18)14(19)6-9/h2-7H,8H2,1H3,(H,23,25). The SMILES string of the molecule is CS(=O)(=O)N(CC(=O)Nc1ccc(F)c(F)c1)c1ccc(Cl)c(C(F)(F)F)c1. The number of amides is 1. The number of carbonyl (C=O) groups excluding carboxylic acids is 1. The van der Waals surface area contributed by atoms with Gasteiger partial charge in [-0.1, -0.05) is 11.6 Å². The van der Waals surface area contributed by atoms with E-state index in [1.165, 1.54) is 0 Å².